The van der Waals surface area contributed by atoms with E-state index in [0.29, 0.717) is 5.75 Å². The lowest BCUT2D eigenvalue weighted by Gasteiger charge is -2.04. The molecule has 31 heavy (non-hydrogen) atoms. The fraction of sp³-hybridized carbons (Fsp3) is 0.100. The van der Waals surface area contributed by atoms with Crippen LogP contribution in [0.15, 0.2) is 64.9 Å². The predicted molar refractivity (Wildman–Crippen MR) is 117 cm³/mol. The van der Waals surface area contributed by atoms with Gasteiger partial charge in [0.1, 0.15) is 17.7 Å². The van der Waals surface area contributed by atoms with E-state index in [9.17, 15) is 10.1 Å². The summed E-state index contributed by atoms with van der Waals surface area (Å²) in [7, 11) is 3.16. The Balaban J connectivity index is 1.69. The Hall–Kier alpha value is -4.54. The molecule has 3 rings (SSSR count). The minimum Gasteiger partial charge on any atom is -0.497 e. The largest absolute Gasteiger partial charge is 0.497 e. The van der Waals surface area contributed by atoms with Crippen LogP contribution in [-0.2, 0) is 0 Å². The van der Waals surface area contributed by atoms with E-state index in [1.807, 2.05) is 12.1 Å². The molecule has 0 saturated heterocycles. The highest BCUT2D eigenvalue weighted by atomic mass is 16.6. The molecular weight excluding hydrogens is 402 g/mol. The number of hydrogen-bond acceptors (Lipinski definition) is 10. The van der Waals surface area contributed by atoms with E-state index < -0.39 is 4.92 Å². The molecule has 11 heteroatoms. The van der Waals surface area contributed by atoms with Gasteiger partial charge in [-0.2, -0.15) is 15.2 Å². The maximum Gasteiger partial charge on any atom is 0.331 e. The number of hydrazone groups is 2. The van der Waals surface area contributed by atoms with Crippen LogP contribution in [0.2, 0.25) is 0 Å². The van der Waals surface area contributed by atoms with Crippen molar-refractivity contribution >= 4 is 29.9 Å². The zero-order valence-corrected chi connectivity index (χ0v) is 16.7. The lowest BCUT2D eigenvalue weighted by Crippen LogP contribution is -2.04. The molecule has 3 aromatic rings. The fourth-order valence-electron chi connectivity index (χ4n) is 2.36. The summed E-state index contributed by atoms with van der Waals surface area (Å²) >= 11 is 0. The van der Waals surface area contributed by atoms with Gasteiger partial charge in [0, 0.05) is 0 Å². The van der Waals surface area contributed by atoms with Crippen molar-refractivity contribution in [1.82, 2.24) is 9.97 Å². The van der Waals surface area contributed by atoms with E-state index >= 15 is 0 Å². The van der Waals surface area contributed by atoms with Crippen molar-refractivity contribution in [3.05, 3.63) is 76.0 Å². The summed E-state index contributed by atoms with van der Waals surface area (Å²) in [6.07, 6.45) is 4.13. The van der Waals surface area contributed by atoms with Gasteiger partial charge in [0.2, 0.25) is 11.8 Å². The zero-order valence-electron chi connectivity index (χ0n) is 16.7. The van der Waals surface area contributed by atoms with Crippen molar-refractivity contribution in [1.29, 1.82) is 0 Å². The Morgan fingerprint density at radius 1 is 0.903 bits per heavy atom. The number of rotatable bonds is 9. The second-order valence-electron chi connectivity index (χ2n) is 5.97. The molecule has 0 aliphatic heterocycles. The number of ether oxygens (including phenoxy) is 2. The van der Waals surface area contributed by atoms with Crippen molar-refractivity contribution in [2.45, 2.75) is 0 Å². The molecule has 2 aromatic carbocycles. The highest BCUT2D eigenvalue weighted by molar-refractivity contribution is 5.81. The van der Waals surface area contributed by atoms with Gasteiger partial charge in [-0.05, 0) is 59.7 Å². The van der Waals surface area contributed by atoms with E-state index in [1.165, 1.54) is 6.21 Å². The van der Waals surface area contributed by atoms with E-state index in [-0.39, 0.29) is 17.5 Å². The Morgan fingerprint density at radius 3 is 1.90 bits per heavy atom. The third-order valence-electron chi connectivity index (χ3n) is 3.96. The van der Waals surface area contributed by atoms with Crippen LogP contribution in [0.5, 0.6) is 11.5 Å². The monoisotopic (exact) mass is 421 g/mol. The molecule has 11 nitrogen and oxygen atoms in total. The van der Waals surface area contributed by atoms with Gasteiger partial charge in [0.05, 0.1) is 31.6 Å². The third-order valence-corrected chi connectivity index (χ3v) is 3.96. The Labute approximate surface area is 177 Å². The average molecular weight is 421 g/mol. The van der Waals surface area contributed by atoms with Crippen LogP contribution < -0.4 is 20.3 Å². The van der Waals surface area contributed by atoms with Gasteiger partial charge >= 0.3 is 5.69 Å². The molecule has 2 N–H and O–H groups in total. The Bertz CT molecular complexity index is 1080. The molecule has 0 radical (unpaired) electrons. The van der Waals surface area contributed by atoms with Gasteiger partial charge in [0.15, 0.2) is 0 Å². The molecule has 0 fully saturated rings. The molecule has 1 aromatic heterocycles. The molecule has 0 aliphatic rings. The summed E-state index contributed by atoms with van der Waals surface area (Å²) in [6, 6.07) is 14.4. The van der Waals surface area contributed by atoms with Crippen molar-refractivity contribution in [2.24, 2.45) is 10.2 Å². The number of hydrogen-bond donors (Lipinski definition) is 2. The maximum atomic E-state index is 11.2. The van der Waals surface area contributed by atoms with Gasteiger partial charge in [-0.3, -0.25) is 15.5 Å². The SMILES string of the molecule is COc1ccc(/C=N\Nc2nc(N/N=C/c3ccc(OC)cc3)ncc2[N+](=O)[O-])cc1. The Kier molecular flexibility index (Phi) is 7.03. The minimum absolute atomic E-state index is 0.0671. The van der Waals surface area contributed by atoms with Crippen molar-refractivity contribution < 1.29 is 14.4 Å². The van der Waals surface area contributed by atoms with Crippen LogP contribution in [0.25, 0.3) is 0 Å². The number of methoxy groups -OCH3 is 2. The first-order valence-corrected chi connectivity index (χ1v) is 8.96. The molecule has 0 atom stereocenters. The van der Waals surface area contributed by atoms with E-state index in [4.69, 9.17) is 9.47 Å². The topological polar surface area (TPSA) is 136 Å². The molecule has 0 amide bonds. The van der Waals surface area contributed by atoms with Gasteiger partial charge < -0.3 is 9.47 Å². The van der Waals surface area contributed by atoms with Crippen LogP contribution in [0, 0.1) is 10.1 Å². The quantitative estimate of drug-likeness (QED) is 0.305. The van der Waals surface area contributed by atoms with Crippen LogP contribution >= 0.6 is 0 Å². The molecule has 0 saturated carbocycles. The average Bonchev–Trinajstić information content (AvgIpc) is 2.80. The zero-order chi connectivity index (χ0) is 22.1. The lowest BCUT2D eigenvalue weighted by molar-refractivity contribution is -0.384. The molecule has 0 aliphatic carbocycles. The van der Waals surface area contributed by atoms with Crippen LogP contribution in [0.1, 0.15) is 11.1 Å². The molecule has 0 bridgehead atoms. The summed E-state index contributed by atoms with van der Waals surface area (Å²) in [6.45, 7) is 0. The summed E-state index contributed by atoms with van der Waals surface area (Å²) < 4.78 is 10.2. The van der Waals surface area contributed by atoms with Gasteiger partial charge in [-0.1, -0.05) is 0 Å². The van der Waals surface area contributed by atoms with E-state index in [2.05, 4.69) is 31.0 Å². The summed E-state index contributed by atoms with van der Waals surface area (Å²) in [5, 5.41) is 19.3. The highest BCUT2D eigenvalue weighted by Gasteiger charge is 2.16. The highest BCUT2D eigenvalue weighted by Crippen LogP contribution is 2.22. The smallest absolute Gasteiger partial charge is 0.331 e. The number of nitrogens with one attached hydrogen (secondary N) is 2. The first-order chi connectivity index (χ1) is 15.1. The number of nitrogens with zero attached hydrogens (tertiary/aromatic N) is 5. The molecule has 158 valence electrons. The van der Waals surface area contributed by atoms with Gasteiger partial charge in [-0.25, -0.2) is 10.4 Å². The minimum atomic E-state index is -0.602. The normalized spacial score (nSPS) is 10.9. The molecule has 0 spiro atoms. The summed E-state index contributed by atoms with van der Waals surface area (Å²) in [5.41, 5.74) is 6.47. The molecule has 1 heterocycles. The first kappa shape index (κ1) is 21.2. The van der Waals surface area contributed by atoms with Crippen LogP contribution in [-0.4, -0.2) is 41.5 Å². The number of benzene rings is 2. The second kappa shape index (κ2) is 10.3. The Morgan fingerprint density at radius 2 is 1.42 bits per heavy atom. The standard InChI is InChI=1S/C20H19N7O4/c1-30-16-7-3-14(4-8-16)11-22-25-19-18(27(28)29)13-21-20(24-19)26-23-12-15-5-9-17(31-2)10-6-15/h3-13H,1-2H3,(H2,21,24,25,26)/b22-11-,23-12+. The molecular formula is C20H19N7O4. The lowest BCUT2D eigenvalue weighted by atomic mass is 10.2. The van der Waals surface area contributed by atoms with Crippen LogP contribution in [0.4, 0.5) is 17.5 Å². The first-order valence-electron chi connectivity index (χ1n) is 8.96. The number of nitro groups is 1. The maximum absolute atomic E-state index is 11.2. The van der Waals surface area contributed by atoms with E-state index in [1.54, 1.807) is 56.8 Å². The predicted octanol–water partition coefficient (Wildman–Crippen LogP) is 3.29. The summed E-state index contributed by atoms with van der Waals surface area (Å²) in [5.74, 6) is 1.43. The molecule has 0 unspecified atom stereocenters. The summed E-state index contributed by atoms with van der Waals surface area (Å²) in [4.78, 5) is 18.6. The van der Waals surface area contributed by atoms with Gasteiger partial charge in [0.25, 0.3) is 0 Å². The van der Waals surface area contributed by atoms with Crippen LogP contribution in [0.3, 0.4) is 0 Å². The fourth-order valence-corrected chi connectivity index (χ4v) is 2.36. The van der Waals surface area contributed by atoms with Gasteiger partial charge in [-0.15, -0.1) is 0 Å². The van der Waals surface area contributed by atoms with Crippen molar-refractivity contribution in [2.75, 3.05) is 25.1 Å². The third kappa shape index (κ3) is 5.97. The van der Waals surface area contributed by atoms with Crippen molar-refractivity contribution in [3.63, 3.8) is 0 Å². The number of aromatic nitrogens is 2. The van der Waals surface area contributed by atoms with E-state index in [0.717, 1.165) is 23.1 Å². The number of anilines is 2. The second-order valence-corrected chi connectivity index (χ2v) is 5.97. The van der Waals surface area contributed by atoms with Crippen molar-refractivity contribution in [3.8, 4) is 11.5 Å².